The molecule has 148 valence electrons. The number of hydrogen-bond donors (Lipinski definition) is 1. The van der Waals surface area contributed by atoms with Crippen LogP contribution in [-0.2, 0) is 13.1 Å². The van der Waals surface area contributed by atoms with E-state index < -0.39 is 0 Å². The van der Waals surface area contributed by atoms with Gasteiger partial charge >= 0.3 is 0 Å². The van der Waals surface area contributed by atoms with E-state index in [0.29, 0.717) is 16.1 Å². The summed E-state index contributed by atoms with van der Waals surface area (Å²) in [6.45, 7) is 7.38. The Balaban J connectivity index is 1.50. The van der Waals surface area contributed by atoms with Crippen LogP contribution in [0.1, 0.15) is 30.9 Å². The highest BCUT2D eigenvalue weighted by atomic mass is 35.5. The van der Waals surface area contributed by atoms with Crippen molar-refractivity contribution >= 4 is 34.1 Å². The van der Waals surface area contributed by atoms with Crippen molar-refractivity contribution in [3.63, 3.8) is 0 Å². The van der Waals surface area contributed by atoms with Crippen LogP contribution in [0.15, 0.2) is 48.7 Å². The van der Waals surface area contributed by atoms with Crippen LogP contribution < -0.4 is 5.32 Å². The van der Waals surface area contributed by atoms with E-state index in [2.05, 4.69) is 52.2 Å². The number of likely N-dealkylation sites (N-methyl/N-ethyl adjacent to an activating group) is 1. The van der Waals surface area contributed by atoms with E-state index in [1.165, 1.54) is 35.9 Å². The molecular formula is C23H27Cl2N3. The molecule has 1 aliphatic heterocycles. The molecule has 1 atom stereocenters. The van der Waals surface area contributed by atoms with Crippen LogP contribution in [0.4, 0.5) is 0 Å². The fraction of sp³-hybridized carbons (Fsp3) is 0.391. The summed E-state index contributed by atoms with van der Waals surface area (Å²) in [5.74, 6) is 0. The zero-order valence-corrected chi connectivity index (χ0v) is 17.8. The lowest BCUT2D eigenvalue weighted by molar-refractivity contribution is 0.260. The number of para-hydroxylation sites is 1. The summed E-state index contributed by atoms with van der Waals surface area (Å²) in [7, 11) is 0. The Kier molecular flexibility index (Phi) is 6.27. The molecule has 1 fully saturated rings. The molecule has 1 aliphatic rings. The van der Waals surface area contributed by atoms with Crippen molar-refractivity contribution in [2.45, 2.75) is 38.9 Å². The normalized spacial score (nSPS) is 17.6. The summed E-state index contributed by atoms with van der Waals surface area (Å²) in [5.41, 5.74) is 3.75. The van der Waals surface area contributed by atoms with E-state index in [-0.39, 0.29) is 0 Å². The van der Waals surface area contributed by atoms with Gasteiger partial charge in [0.1, 0.15) is 0 Å². The van der Waals surface area contributed by atoms with Crippen LogP contribution in [-0.4, -0.2) is 35.1 Å². The quantitative estimate of drug-likeness (QED) is 0.543. The summed E-state index contributed by atoms with van der Waals surface area (Å²) >= 11 is 12.3. The number of nitrogens with one attached hydrogen (secondary N) is 1. The SMILES string of the molecule is CCN1CCC[C@H]1CNCc1cn(Cc2ccc(Cl)c(Cl)c2)c2ccccc12. The molecule has 28 heavy (non-hydrogen) atoms. The number of halogens is 2. The molecule has 0 amide bonds. The van der Waals surface area contributed by atoms with Crippen LogP contribution in [0, 0.1) is 0 Å². The van der Waals surface area contributed by atoms with Gasteiger partial charge in [0.15, 0.2) is 0 Å². The Morgan fingerprint density at radius 1 is 1.11 bits per heavy atom. The molecule has 2 aromatic carbocycles. The lowest BCUT2D eigenvalue weighted by Crippen LogP contribution is -2.37. The molecule has 3 nitrogen and oxygen atoms in total. The van der Waals surface area contributed by atoms with Gasteiger partial charge in [-0.15, -0.1) is 0 Å². The summed E-state index contributed by atoms with van der Waals surface area (Å²) in [6, 6.07) is 15.2. The van der Waals surface area contributed by atoms with Gasteiger partial charge in [0.05, 0.1) is 10.0 Å². The van der Waals surface area contributed by atoms with E-state index in [9.17, 15) is 0 Å². The Morgan fingerprint density at radius 3 is 2.79 bits per heavy atom. The first-order chi connectivity index (χ1) is 13.7. The fourth-order valence-corrected chi connectivity index (χ4v) is 4.67. The highest BCUT2D eigenvalue weighted by molar-refractivity contribution is 6.42. The van der Waals surface area contributed by atoms with Crippen LogP contribution in [0.3, 0.4) is 0 Å². The maximum atomic E-state index is 6.20. The van der Waals surface area contributed by atoms with Crippen LogP contribution in [0.2, 0.25) is 10.0 Å². The molecule has 3 aromatic rings. The number of nitrogens with zero attached hydrogens (tertiary/aromatic N) is 2. The van der Waals surface area contributed by atoms with Crippen molar-refractivity contribution < 1.29 is 0 Å². The first kappa shape index (κ1) is 19.8. The van der Waals surface area contributed by atoms with Crippen molar-refractivity contribution in [2.24, 2.45) is 0 Å². The summed E-state index contributed by atoms with van der Waals surface area (Å²) in [5, 5.41) is 6.22. The van der Waals surface area contributed by atoms with Gasteiger partial charge in [-0.1, -0.05) is 54.4 Å². The van der Waals surface area contributed by atoms with E-state index in [4.69, 9.17) is 23.2 Å². The zero-order chi connectivity index (χ0) is 19.5. The smallest absolute Gasteiger partial charge is 0.0595 e. The number of aromatic nitrogens is 1. The van der Waals surface area contributed by atoms with Gasteiger partial charge in [0.2, 0.25) is 0 Å². The molecule has 0 saturated carbocycles. The van der Waals surface area contributed by atoms with E-state index in [0.717, 1.165) is 31.7 Å². The third-order valence-electron chi connectivity index (χ3n) is 5.81. The Morgan fingerprint density at radius 2 is 1.96 bits per heavy atom. The summed E-state index contributed by atoms with van der Waals surface area (Å²) in [4.78, 5) is 2.58. The van der Waals surface area contributed by atoms with Crippen molar-refractivity contribution in [3.8, 4) is 0 Å². The molecule has 0 bridgehead atoms. The van der Waals surface area contributed by atoms with E-state index in [1.807, 2.05) is 18.2 Å². The minimum Gasteiger partial charge on any atom is -0.343 e. The van der Waals surface area contributed by atoms with Crippen molar-refractivity contribution in [2.75, 3.05) is 19.6 Å². The third-order valence-corrected chi connectivity index (χ3v) is 6.55. The Labute approximate surface area is 177 Å². The maximum Gasteiger partial charge on any atom is 0.0595 e. The van der Waals surface area contributed by atoms with Crippen LogP contribution in [0.25, 0.3) is 10.9 Å². The Hall–Kier alpha value is -1.52. The van der Waals surface area contributed by atoms with Gasteiger partial charge in [-0.05, 0) is 55.3 Å². The predicted molar refractivity (Wildman–Crippen MR) is 119 cm³/mol. The molecule has 4 rings (SSSR count). The Bertz CT molecular complexity index is 950. The van der Waals surface area contributed by atoms with Crippen molar-refractivity contribution in [1.82, 2.24) is 14.8 Å². The minimum absolute atomic E-state index is 0.598. The number of hydrogen-bond acceptors (Lipinski definition) is 2. The molecule has 1 aromatic heterocycles. The molecule has 0 unspecified atom stereocenters. The molecular weight excluding hydrogens is 389 g/mol. The van der Waals surface area contributed by atoms with E-state index >= 15 is 0 Å². The van der Waals surface area contributed by atoms with Gasteiger partial charge in [-0.3, -0.25) is 4.90 Å². The molecule has 2 heterocycles. The van der Waals surface area contributed by atoms with Crippen LogP contribution >= 0.6 is 23.2 Å². The van der Waals surface area contributed by atoms with Crippen molar-refractivity contribution in [1.29, 1.82) is 0 Å². The second-order valence-electron chi connectivity index (χ2n) is 7.60. The standard InChI is InChI=1S/C23H27Cl2N3/c1-2-27-11-5-6-19(27)14-26-13-18-16-28(23-8-4-3-7-20(18)23)15-17-9-10-21(24)22(25)12-17/h3-4,7-10,12,16,19,26H,2,5-6,11,13-15H2,1H3/t19-/m0/s1. The number of benzene rings is 2. The number of fused-ring (bicyclic) bond motifs is 1. The predicted octanol–water partition coefficient (Wildman–Crippen LogP) is 5.57. The van der Waals surface area contributed by atoms with Crippen LogP contribution in [0.5, 0.6) is 0 Å². The van der Waals surface area contributed by atoms with Gasteiger partial charge in [-0.25, -0.2) is 0 Å². The highest BCUT2D eigenvalue weighted by Crippen LogP contribution is 2.26. The average Bonchev–Trinajstić information content (AvgIpc) is 3.30. The molecule has 5 heteroatoms. The lowest BCUT2D eigenvalue weighted by atomic mass is 10.1. The molecule has 1 N–H and O–H groups in total. The van der Waals surface area contributed by atoms with Gasteiger partial charge in [-0.2, -0.15) is 0 Å². The molecule has 1 saturated heterocycles. The number of likely N-dealkylation sites (tertiary alicyclic amines) is 1. The van der Waals surface area contributed by atoms with Gasteiger partial charge in [0, 0.05) is 42.8 Å². The third kappa shape index (κ3) is 4.23. The second kappa shape index (κ2) is 8.87. The maximum absolute atomic E-state index is 6.20. The van der Waals surface area contributed by atoms with Gasteiger partial charge < -0.3 is 9.88 Å². The summed E-state index contributed by atoms with van der Waals surface area (Å²) in [6.07, 6.45) is 4.90. The first-order valence-electron chi connectivity index (χ1n) is 10.1. The average molecular weight is 416 g/mol. The fourth-order valence-electron chi connectivity index (χ4n) is 4.35. The van der Waals surface area contributed by atoms with Crippen molar-refractivity contribution in [3.05, 3.63) is 69.8 Å². The zero-order valence-electron chi connectivity index (χ0n) is 16.3. The molecule has 0 aliphatic carbocycles. The lowest BCUT2D eigenvalue weighted by Gasteiger charge is -2.22. The van der Waals surface area contributed by atoms with Gasteiger partial charge in [0.25, 0.3) is 0 Å². The molecule has 0 radical (unpaired) electrons. The van der Waals surface area contributed by atoms with E-state index in [1.54, 1.807) is 0 Å². The minimum atomic E-state index is 0.598. The molecule has 0 spiro atoms. The monoisotopic (exact) mass is 415 g/mol. The highest BCUT2D eigenvalue weighted by Gasteiger charge is 2.22. The largest absolute Gasteiger partial charge is 0.343 e. The summed E-state index contributed by atoms with van der Waals surface area (Å²) < 4.78 is 2.31. The second-order valence-corrected chi connectivity index (χ2v) is 8.42. The first-order valence-corrected chi connectivity index (χ1v) is 10.9. The number of rotatable bonds is 7. The topological polar surface area (TPSA) is 20.2 Å².